The van der Waals surface area contributed by atoms with Crippen molar-refractivity contribution in [2.45, 2.75) is 50.7 Å². The third-order valence-corrected chi connectivity index (χ3v) is 7.71. The monoisotopic (exact) mass is 509 g/mol. The van der Waals surface area contributed by atoms with E-state index in [-0.39, 0.29) is 17.4 Å². The summed E-state index contributed by atoms with van der Waals surface area (Å²) in [5, 5.41) is 9.09. The second kappa shape index (κ2) is 11.2. The molecule has 194 valence electrons. The van der Waals surface area contributed by atoms with Crippen LogP contribution in [0.4, 0.5) is 4.39 Å². The van der Waals surface area contributed by atoms with Crippen LogP contribution in [0.3, 0.4) is 0 Å². The van der Waals surface area contributed by atoms with Gasteiger partial charge in [0.15, 0.2) is 0 Å². The molecule has 0 aromatic heterocycles. The summed E-state index contributed by atoms with van der Waals surface area (Å²) in [6.07, 6.45) is 6.74. The van der Waals surface area contributed by atoms with Gasteiger partial charge in [0.25, 0.3) is 0 Å². The van der Waals surface area contributed by atoms with Gasteiger partial charge in [0, 0.05) is 23.6 Å². The van der Waals surface area contributed by atoms with Crippen LogP contribution in [0.15, 0.2) is 72.8 Å². The van der Waals surface area contributed by atoms with Crippen LogP contribution in [0, 0.1) is 17.7 Å². The van der Waals surface area contributed by atoms with E-state index in [1.807, 2.05) is 0 Å². The molecule has 1 spiro atoms. The van der Waals surface area contributed by atoms with Gasteiger partial charge in [0.2, 0.25) is 0 Å². The van der Waals surface area contributed by atoms with Gasteiger partial charge in [-0.05, 0) is 61.2 Å². The second-order valence-electron chi connectivity index (χ2n) is 10.2. The van der Waals surface area contributed by atoms with Crippen LogP contribution in [0.5, 0.6) is 5.75 Å². The first-order chi connectivity index (χ1) is 18.5. The number of benzene rings is 3. The molecule has 0 amide bonds. The highest BCUT2D eigenvalue weighted by Crippen LogP contribution is 2.43. The Morgan fingerprint density at radius 2 is 1.82 bits per heavy atom. The number of ether oxygens (including phenoxy) is 1. The maximum absolute atomic E-state index is 14.7. The average Bonchev–Trinajstić information content (AvgIpc) is 3.27. The number of piperidine rings is 1. The zero-order valence-electron chi connectivity index (χ0n) is 21.6. The quantitative estimate of drug-likeness (QED) is 0.350. The number of nitrogens with zero attached hydrogens (tertiary/aromatic N) is 1. The van der Waals surface area contributed by atoms with Gasteiger partial charge in [-0.25, -0.2) is 4.39 Å². The van der Waals surface area contributed by atoms with E-state index in [2.05, 4.69) is 77.4 Å². The van der Waals surface area contributed by atoms with Crippen molar-refractivity contribution in [2.75, 3.05) is 13.1 Å². The summed E-state index contributed by atoms with van der Waals surface area (Å²) in [4.78, 5) is 13.6. The van der Waals surface area contributed by atoms with Crippen molar-refractivity contribution < 1.29 is 19.0 Å². The molecule has 0 bridgehead atoms. The van der Waals surface area contributed by atoms with E-state index in [0.29, 0.717) is 12.4 Å². The van der Waals surface area contributed by atoms with Gasteiger partial charge in [0.05, 0.1) is 12.3 Å². The third-order valence-electron chi connectivity index (χ3n) is 7.71. The maximum atomic E-state index is 14.7. The van der Waals surface area contributed by atoms with E-state index in [1.54, 1.807) is 19.1 Å². The fourth-order valence-corrected chi connectivity index (χ4v) is 5.61. The Morgan fingerprint density at radius 1 is 1.08 bits per heavy atom. The highest BCUT2D eigenvalue weighted by molar-refractivity contribution is 5.69. The maximum Gasteiger partial charge on any atom is 0.304 e. The summed E-state index contributed by atoms with van der Waals surface area (Å²) in [7, 11) is 0. The smallest absolute Gasteiger partial charge is 0.304 e. The Balaban J connectivity index is 1.13. The lowest BCUT2D eigenvalue weighted by Crippen LogP contribution is -2.40. The van der Waals surface area contributed by atoms with Crippen molar-refractivity contribution in [3.8, 4) is 17.6 Å². The molecule has 0 saturated carbocycles. The predicted molar refractivity (Wildman–Crippen MR) is 147 cm³/mol. The topological polar surface area (TPSA) is 49.8 Å². The molecule has 1 aliphatic heterocycles. The molecule has 0 radical (unpaired) electrons. The zero-order valence-corrected chi connectivity index (χ0v) is 21.6. The molecular formula is C33H32FNO3. The van der Waals surface area contributed by atoms with Crippen LogP contribution in [-0.2, 0) is 23.4 Å². The minimum atomic E-state index is -1.01. The summed E-state index contributed by atoms with van der Waals surface area (Å²) < 4.78 is 20.5. The van der Waals surface area contributed by atoms with E-state index in [4.69, 9.17) is 9.84 Å². The third kappa shape index (κ3) is 5.66. The molecule has 1 heterocycles. The zero-order chi connectivity index (χ0) is 26.5. The highest BCUT2D eigenvalue weighted by Gasteiger charge is 2.37. The number of hydrogen-bond acceptors (Lipinski definition) is 3. The minimum Gasteiger partial charge on any atom is -0.489 e. The van der Waals surface area contributed by atoms with Crippen LogP contribution in [0.25, 0.3) is 6.08 Å². The average molecular weight is 510 g/mol. The van der Waals surface area contributed by atoms with Gasteiger partial charge in [0.1, 0.15) is 18.2 Å². The van der Waals surface area contributed by atoms with Crippen molar-refractivity contribution in [2.24, 2.45) is 0 Å². The number of halogens is 1. The molecule has 5 heteroatoms. The Morgan fingerprint density at radius 3 is 2.53 bits per heavy atom. The Hall–Kier alpha value is -3.88. The first-order valence-electron chi connectivity index (χ1n) is 13.1. The van der Waals surface area contributed by atoms with Crippen LogP contribution in [0.1, 0.15) is 59.9 Å². The number of carbonyl (C=O) groups is 1. The summed E-state index contributed by atoms with van der Waals surface area (Å²) >= 11 is 0. The number of aliphatic carboxylic acids is 1. The fraction of sp³-hybridized carbons (Fsp3) is 0.303. The second-order valence-corrected chi connectivity index (χ2v) is 10.2. The number of likely N-dealkylation sites (tertiary alicyclic amines) is 1. The number of rotatable bonds is 8. The predicted octanol–water partition coefficient (Wildman–Crippen LogP) is 6.55. The van der Waals surface area contributed by atoms with Gasteiger partial charge >= 0.3 is 5.97 Å². The molecular weight excluding hydrogens is 477 g/mol. The fourth-order valence-electron chi connectivity index (χ4n) is 5.61. The van der Waals surface area contributed by atoms with Gasteiger partial charge in [-0.3, -0.25) is 9.69 Å². The molecule has 3 aromatic carbocycles. The van der Waals surface area contributed by atoms with Gasteiger partial charge in [-0.1, -0.05) is 72.7 Å². The van der Waals surface area contributed by atoms with Crippen LogP contribution in [0.2, 0.25) is 0 Å². The molecule has 1 N–H and O–H groups in total. The lowest BCUT2D eigenvalue weighted by Gasteiger charge is -2.39. The largest absolute Gasteiger partial charge is 0.489 e. The van der Waals surface area contributed by atoms with Gasteiger partial charge in [-0.15, -0.1) is 5.92 Å². The van der Waals surface area contributed by atoms with E-state index in [1.165, 1.54) is 22.8 Å². The molecule has 1 fully saturated rings. The molecule has 1 atom stereocenters. The normalized spacial score (nSPS) is 16.5. The summed E-state index contributed by atoms with van der Waals surface area (Å²) in [5.41, 5.74) is 5.59. The van der Waals surface area contributed by atoms with E-state index < -0.39 is 17.7 Å². The Kier molecular flexibility index (Phi) is 7.62. The van der Waals surface area contributed by atoms with Gasteiger partial charge in [-0.2, -0.15) is 0 Å². The van der Waals surface area contributed by atoms with E-state index in [9.17, 15) is 9.18 Å². The van der Waals surface area contributed by atoms with E-state index in [0.717, 1.165) is 38.0 Å². The molecule has 2 aliphatic rings. The Bertz CT molecular complexity index is 1390. The van der Waals surface area contributed by atoms with Crippen molar-refractivity contribution in [3.63, 3.8) is 0 Å². The lowest BCUT2D eigenvalue weighted by molar-refractivity contribution is -0.137. The lowest BCUT2D eigenvalue weighted by atomic mass is 9.74. The van der Waals surface area contributed by atoms with Crippen molar-refractivity contribution >= 4 is 12.0 Å². The molecule has 38 heavy (non-hydrogen) atoms. The van der Waals surface area contributed by atoms with Crippen molar-refractivity contribution in [3.05, 3.63) is 106 Å². The number of hydrogen-bond donors (Lipinski definition) is 1. The first-order valence-corrected chi connectivity index (χ1v) is 13.1. The van der Waals surface area contributed by atoms with Gasteiger partial charge < -0.3 is 9.84 Å². The number of fused-ring (bicyclic) bond motifs is 2. The first kappa shape index (κ1) is 25.8. The van der Waals surface area contributed by atoms with Crippen LogP contribution < -0.4 is 4.74 Å². The SMILES string of the molecule is CC#CC(CC(=O)O)c1ccc(OCc2ccc(CN3CCC4(C=Cc5ccccc54)CC3)cc2)cc1F. The molecule has 1 saturated heterocycles. The summed E-state index contributed by atoms with van der Waals surface area (Å²) in [6, 6.07) is 21.7. The standard InChI is InChI=1S/C33H32FNO3/c1-2-5-27(20-32(36)37)29-13-12-28(21-31(29)34)38-23-25-10-8-24(9-11-25)22-35-18-16-33(17-19-35)15-14-26-6-3-4-7-30(26)33/h3-4,6-15,21,27H,16-20,22-23H2,1H3,(H,36,37). The Labute approximate surface area is 223 Å². The number of carboxylic acids is 1. The molecule has 1 unspecified atom stereocenters. The number of carboxylic acid groups (broad SMARTS) is 1. The molecule has 3 aromatic rings. The van der Waals surface area contributed by atoms with Crippen molar-refractivity contribution in [1.29, 1.82) is 0 Å². The summed E-state index contributed by atoms with van der Waals surface area (Å²) in [6.45, 7) is 5.01. The van der Waals surface area contributed by atoms with Crippen molar-refractivity contribution in [1.82, 2.24) is 4.90 Å². The molecule has 5 rings (SSSR count). The number of allylic oxidation sites excluding steroid dienone is 1. The molecule has 1 aliphatic carbocycles. The summed E-state index contributed by atoms with van der Waals surface area (Å²) in [5.74, 6) is 3.67. The van der Waals surface area contributed by atoms with E-state index >= 15 is 0 Å². The highest BCUT2D eigenvalue weighted by atomic mass is 19.1. The van der Waals surface area contributed by atoms with Crippen LogP contribution in [-0.4, -0.2) is 29.1 Å². The minimum absolute atomic E-state index is 0.201. The molecule has 4 nitrogen and oxygen atoms in total. The van der Waals surface area contributed by atoms with Crippen LogP contribution >= 0.6 is 0 Å².